The molecule has 0 spiro atoms. The van der Waals surface area contributed by atoms with Crippen LogP contribution < -0.4 is 10.4 Å². The molecule has 2 amide bonds. The Morgan fingerprint density at radius 1 is 1.34 bits per heavy atom. The largest absolute Gasteiger partial charge is 0.343 e. The summed E-state index contributed by atoms with van der Waals surface area (Å²) < 4.78 is 0. The van der Waals surface area contributed by atoms with Gasteiger partial charge >= 0.3 is 0 Å². The standard InChI is InChI=1S/C20H21N5O3S/c21-10-15-12-29-13-24(15)19(26)11-23-20(27)16-5-6-22-18-4-3-14(9-17(16)18)25-7-1-2-8-28-25/h3-6,9,15H,1-2,7-8,11-13H2,(H,23,27). The van der Waals surface area contributed by atoms with E-state index in [1.54, 1.807) is 12.3 Å². The van der Waals surface area contributed by atoms with Crippen LogP contribution in [0.5, 0.6) is 0 Å². The molecule has 29 heavy (non-hydrogen) atoms. The van der Waals surface area contributed by atoms with Crippen molar-refractivity contribution in [1.29, 1.82) is 5.26 Å². The second-order valence-corrected chi connectivity index (χ2v) is 7.89. The van der Waals surface area contributed by atoms with E-state index in [0.29, 0.717) is 34.7 Å². The number of pyridine rings is 1. The first-order valence-corrected chi connectivity index (χ1v) is 10.7. The number of carbonyl (C=O) groups is 2. The van der Waals surface area contributed by atoms with E-state index in [9.17, 15) is 9.59 Å². The van der Waals surface area contributed by atoms with Gasteiger partial charge in [-0.3, -0.25) is 24.5 Å². The number of thioether (sulfide) groups is 1. The molecule has 2 saturated heterocycles. The maximum atomic E-state index is 12.8. The molecule has 9 heteroatoms. The van der Waals surface area contributed by atoms with E-state index in [0.717, 1.165) is 25.1 Å². The van der Waals surface area contributed by atoms with E-state index in [1.807, 2.05) is 23.3 Å². The second kappa shape index (κ2) is 8.68. The van der Waals surface area contributed by atoms with E-state index >= 15 is 0 Å². The van der Waals surface area contributed by atoms with E-state index in [4.69, 9.17) is 10.1 Å². The number of hydroxylamine groups is 1. The average Bonchev–Trinajstić information content (AvgIpc) is 3.26. The molecule has 1 aromatic heterocycles. The molecular weight excluding hydrogens is 390 g/mol. The van der Waals surface area contributed by atoms with Crippen LogP contribution in [0.15, 0.2) is 30.5 Å². The first-order chi connectivity index (χ1) is 14.2. The lowest BCUT2D eigenvalue weighted by Gasteiger charge is -2.28. The molecule has 0 aliphatic carbocycles. The number of fused-ring (bicyclic) bond motifs is 1. The zero-order chi connectivity index (χ0) is 20.2. The highest BCUT2D eigenvalue weighted by Gasteiger charge is 2.29. The summed E-state index contributed by atoms with van der Waals surface area (Å²) >= 11 is 1.54. The highest BCUT2D eigenvalue weighted by molar-refractivity contribution is 7.99. The summed E-state index contributed by atoms with van der Waals surface area (Å²) in [6, 6.07) is 9.03. The molecule has 0 saturated carbocycles. The van der Waals surface area contributed by atoms with Crippen molar-refractivity contribution >= 4 is 40.2 Å². The van der Waals surface area contributed by atoms with Crippen molar-refractivity contribution in [3.05, 3.63) is 36.0 Å². The van der Waals surface area contributed by atoms with Crippen molar-refractivity contribution in [3.8, 4) is 6.07 Å². The lowest BCUT2D eigenvalue weighted by atomic mass is 10.1. The Balaban J connectivity index is 1.51. The van der Waals surface area contributed by atoms with Gasteiger partial charge in [0.15, 0.2) is 0 Å². The molecule has 2 aliphatic rings. The van der Waals surface area contributed by atoms with Gasteiger partial charge < -0.3 is 10.2 Å². The van der Waals surface area contributed by atoms with Gasteiger partial charge in [0.2, 0.25) is 5.91 Å². The number of amides is 2. The molecule has 1 aromatic carbocycles. The molecule has 0 radical (unpaired) electrons. The predicted molar refractivity (Wildman–Crippen MR) is 110 cm³/mol. The molecule has 0 bridgehead atoms. The normalized spacial score (nSPS) is 19.2. The first-order valence-electron chi connectivity index (χ1n) is 9.51. The lowest BCUT2D eigenvalue weighted by Crippen LogP contribution is -2.42. The van der Waals surface area contributed by atoms with Crippen molar-refractivity contribution in [3.63, 3.8) is 0 Å². The van der Waals surface area contributed by atoms with Crippen molar-refractivity contribution in [2.75, 3.05) is 36.4 Å². The van der Waals surface area contributed by atoms with Crippen LogP contribution in [0.2, 0.25) is 0 Å². The highest BCUT2D eigenvalue weighted by atomic mass is 32.2. The number of aromatic nitrogens is 1. The zero-order valence-corrected chi connectivity index (χ0v) is 16.7. The van der Waals surface area contributed by atoms with Gasteiger partial charge in [-0.15, -0.1) is 11.8 Å². The molecule has 150 valence electrons. The van der Waals surface area contributed by atoms with Crippen LogP contribution >= 0.6 is 11.8 Å². The van der Waals surface area contributed by atoms with Crippen LogP contribution in [0, 0.1) is 11.3 Å². The van der Waals surface area contributed by atoms with Crippen molar-refractivity contribution < 1.29 is 14.4 Å². The Morgan fingerprint density at radius 2 is 2.24 bits per heavy atom. The highest BCUT2D eigenvalue weighted by Crippen LogP contribution is 2.26. The van der Waals surface area contributed by atoms with Crippen LogP contribution in [-0.4, -0.2) is 59.1 Å². The smallest absolute Gasteiger partial charge is 0.252 e. The Morgan fingerprint density at radius 3 is 3.03 bits per heavy atom. The van der Waals surface area contributed by atoms with E-state index in [2.05, 4.69) is 16.4 Å². The maximum absolute atomic E-state index is 12.8. The number of carbonyl (C=O) groups excluding carboxylic acids is 2. The Labute approximate surface area is 172 Å². The minimum absolute atomic E-state index is 0.143. The summed E-state index contributed by atoms with van der Waals surface area (Å²) in [5, 5.41) is 14.4. The molecule has 3 heterocycles. The molecule has 4 rings (SSSR count). The number of anilines is 1. The minimum atomic E-state index is -0.432. The lowest BCUT2D eigenvalue weighted by molar-refractivity contribution is -0.129. The minimum Gasteiger partial charge on any atom is -0.343 e. The van der Waals surface area contributed by atoms with Crippen molar-refractivity contribution in [1.82, 2.24) is 15.2 Å². The summed E-state index contributed by atoms with van der Waals surface area (Å²) in [4.78, 5) is 36.7. The number of nitrogens with zero attached hydrogens (tertiary/aromatic N) is 4. The second-order valence-electron chi connectivity index (χ2n) is 6.89. The third-order valence-electron chi connectivity index (χ3n) is 5.01. The SMILES string of the molecule is N#CC1CSCN1C(=O)CNC(=O)c1ccnc2ccc(N3CCCCO3)cc12. The van der Waals surface area contributed by atoms with Crippen LogP contribution in [0.1, 0.15) is 23.2 Å². The summed E-state index contributed by atoms with van der Waals surface area (Å²) in [6.07, 6.45) is 3.67. The van der Waals surface area contributed by atoms with Crippen LogP contribution in [0.3, 0.4) is 0 Å². The summed E-state index contributed by atoms with van der Waals surface area (Å²) in [5.74, 6) is 0.482. The molecule has 2 fully saturated rings. The fraction of sp³-hybridized carbons (Fsp3) is 0.400. The zero-order valence-electron chi connectivity index (χ0n) is 15.8. The van der Waals surface area contributed by atoms with Gasteiger partial charge in [0.1, 0.15) is 6.04 Å². The number of rotatable bonds is 4. The topological polar surface area (TPSA) is 98.6 Å². The predicted octanol–water partition coefficient (Wildman–Crippen LogP) is 1.92. The third kappa shape index (κ3) is 4.13. The van der Waals surface area contributed by atoms with Gasteiger partial charge in [-0.25, -0.2) is 0 Å². The summed E-state index contributed by atoms with van der Waals surface area (Å²) in [5.41, 5.74) is 2.03. The van der Waals surface area contributed by atoms with Crippen LogP contribution in [0.4, 0.5) is 5.69 Å². The fourth-order valence-electron chi connectivity index (χ4n) is 3.44. The monoisotopic (exact) mass is 411 g/mol. The van der Waals surface area contributed by atoms with Gasteiger partial charge in [0, 0.05) is 23.9 Å². The van der Waals surface area contributed by atoms with Crippen molar-refractivity contribution in [2.45, 2.75) is 18.9 Å². The van der Waals surface area contributed by atoms with Gasteiger partial charge in [0.25, 0.3) is 5.91 Å². The average molecular weight is 411 g/mol. The van der Waals surface area contributed by atoms with Gasteiger partial charge in [-0.1, -0.05) is 0 Å². The fourth-order valence-corrected chi connectivity index (χ4v) is 4.54. The third-order valence-corrected chi connectivity index (χ3v) is 6.02. The number of nitriles is 1. The molecule has 1 N–H and O–H groups in total. The Hall–Kier alpha value is -2.83. The van der Waals surface area contributed by atoms with E-state index in [-0.39, 0.29) is 18.4 Å². The van der Waals surface area contributed by atoms with E-state index in [1.165, 1.54) is 16.7 Å². The number of nitrogens with one attached hydrogen (secondary N) is 1. The van der Waals surface area contributed by atoms with Gasteiger partial charge in [0.05, 0.1) is 41.9 Å². The molecule has 2 aliphatic heterocycles. The van der Waals surface area contributed by atoms with Gasteiger partial charge in [-0.05, 0) is 37.1 Å². The number of hydrogen-bond donors (Lipinski definition) is 1. The molecule has 8 nitrogen and oxygen atoms in total. The number of hydrogen-bond acceptors (Lipinski definition) is 7. The van der Waals surface area contributed by atoms with Gasteiger partial charge in [-0.2, -0.15) is 5.26 Å². The van der Waals surface area contributed by atoms with Crippen LogP contribution in [0.25, 0.3) is 10.9 Å². The quantitative estimate of drug-likeness (QED) is 0.821. The first kappa shape index (κ1) is 19.5. The Kier molecular flexibility index (Phi) is 5.83. The Bertz CT molecular complexity index is 970. The molecular formula is C20H21N5O3S. The van der Waals surface area contributed by atoms with Crippen molar-refractivity contribution in [2.24, 2.45) is 0 Å². The van der Waals surface area contributed by atoms with E-state index < -0.39 is 6.04 Å². The van der Waals surface area contributed by atoms with Crippen LogP contribution in [-0.2, 0) is 9.63 Å². The molecule has 1 unspecified atom stereocenters. The summed E-state index contributed by atoms with van der Waals surface area (Å²) in [6.45, 7) is 1.34. The molecule has 1 atom stereocenters. The maximum Gasteiger partial charge on any atom is 0.252 e. The summed E-state index contributed by atoms with van der Waals surface area (Å²) in [7, 11) is 0. The number of benzene rings is 1. The molecule has 2 aromatic rings.